The first kappa shape index (κ1) is 12.6. The summed E-state index contributed by atoms with van der Waals surface area (Å²) in [6.07, 6.45) is 3.11. The van der Waals surface area contributed by atoms with Gasteiger partial charge in [-0.05, 0) is 6.07 Å². The summed E-state index contributed by atoms with van der Waals surface area (Å²) >= 11 is 1.49. The van der Waals surface area contributed by atoms with Gasteiger partial charge in [-0.1, -0.05) is 0 Å². The molecule has 0 aromatic carbocycles. The van der Waals surface area contributed by atoms with E-state index in [1.54, 1.807) is 12.3 Å². The van der Waals surface area contributed by atoms with E-state index < -0.39 is 7.82 Å². The zero-order valence-corrected chi connectivity index (χ0v) is 9.53. The van der Waals surface area contributed by atoms with Gasteiger partial charge < -0.3 is 9.79 Å². The van der Waals surface area contributed by atoms with Crippen LogP contribution in [0.5, 0.6) is 0 Å². The third kappa shape index (κ3) is 6.59. The minimum Gasteiger partial charge on any atom is -0.303 e. The first-order chi connectivity index (χ1) is 7.08. The van der Waals surface area contributed by atoms with E-state index in [1.165, 1.54) is 18.1 Å². The Morgan fingerprint density at radius 2 is 2.33 bits per heavy atom. The molecule has 15 heavy (non-hydrogen) atoms. The Kier molecular flexibility index (Phi) is 5.21. The Morgan fingerprint density at radius 1 is 1.53 bits per heavy atom. The summed E-state index contributed by atoms with van der Waals surface area (Å²) in [5.74, 6) is 1.18. The van der Waals surface area contributed by atoms with Crippen LogP contribution >= 0.6 is 19.6 Å². The van der Waals surface area contributed by atoms with Crippen LogP contribution in [0.3, 0.4) is 0 Å². The van der Waals surface area contributed by atoms with Gasteiger partial charge in [-0.3, -0.25) is 4.52 Å². The van der Waals surface area contributed by atoms with E-state index in [1.807, 2.05) is 0 Å². The molecule has 0 saturated carbocycles. The number of phosphoric ester groups is 1. The van der Waals surface area contributed by atoms with Crippen LogP contribution in [-0.4, -0.2) is 32.1 Å². The van der Waals surface area contributed by atoms with Crippen molar-refractivity contribution in [3.63, 3.8) is 0 Å². The molecule has 1 aromatic rings. The zero-order valence-electron chi connectivity index (χ0n) is 7.81. The molecule has 0 aliphatic heterocycles. The average Bonchev–Trinajstić information content (AvgIpc) is 2.17. The predicted molar refractivity (Wildman–Crippen MR) is 56.2 cm³/mol. The van der Waals surface area contributed by atoms with Gasteiger partial charge >= 0.3 is 7.82 Å². The summed E-state index contributed by atoms with van der Waals surface area (Å²) < 4.78 is 14.6. The summed E-state index contributed by atoms with van der Waals surface area (Å²) in [6.45, 7) is 0.0278. The molecule has 84 valence electrons. The normalized spacial score (nSPS) is 11.6. The molecule has 0 aliphatic carbocycles. The lowest BCUT2D eigenvalue weighted by Crippen LogP contribution is -1.96. The van der Waals surface area contributed by atoms with Crippen molar-refractivity contribution in [2.75, 3.05) is 12.4 Å². The number of phosphoric acid groups is 1. The Bertz CT molecular complexity index is 331. The Labute approximate surface area is 91.3 Å². The molecule has 1 aromatic heterocycles. The monoisotopic (exact) mass is 250 g/mol. The van der Waals surface area contributed by atoms with E-state index in [0.29, 0.717) is 11.5 Å². The maximum Gasteiger partial charge on any atom is 0.469 e. The van der Waals surface area contributed by atoms with Gasteiger partial charge in [0.15, 0.2) is 0 Å². The van der Waals surface area contributed by atoms with Gasteiger partial charge in [-0.25, -0.2) is 14.5 Å². The molecule has 0 atom stereocenters. The van der Waals surface area contributed by atoms with Crippen molar-refractivity contribution in [1.29, 1.82) is 0 Å². The molecule has 1 heterocycles. The number of thioether (sulfide) groups is 1. The minimum absolute atomic E-state index is 0.0278. The standard InChI is InChI=1S/C7H11N2O4PS/c10-14(11,12)13-3-4-15-5-7-1-2-8-6-9-7/h1-2,6H,3-5H2,(H2,10,11,12). The van der Waals surface area contributed by atoms with Gasteiger partial charge in [-0.15, -0.1) is 0 Å². The van der Waals surface area contributed by atoms with E-state index in [9.17, 15) is 4.57 Å². The Balaban J connectivity index is 2.10. The predicted octanol–water partition coefficient (Wildman–Crippen LogP) is 0.819. The molecule has 0 radical (unpaired) electrons. The second kappa shape index (κ2) is 6.19. The molecule has 0 fully saturated rings. The molecule has 0 saturated heterocycles. The van der Waals surface area contributed by atoms with E-state index >= 15 is 0 Å². The summed E-state index contributed by atoms with van der Waals surface area (Å²) in [4.78, 5) is 24.6. The van der Waals surface area contributed by atoms with E-state index in [2.05, 4.69) is 14.5 Å². The summed E-state index contributed by atoms with van der Waals surface area (Å²) in [5.41, 5.74) is 0.881. The number of aromatic nitrogens is 2. The van der Waals surface area contributed by atoms with Gasteiger partial charge in [0, 0.05) is 17.7 Å². The van der Waals surface area contributed by atoms with Crippen LogP contribution in [0.25, 0.3) is 0 Å². The molecular formula is C7H11N2O4PS. The van der Waals surface area contributed by atoms with Crippen molar-refractivity contribution in [2.45, 2.75) is 5.75 Å². The molecule has 0 bridgehead atoms. The van der Waals surface area contributed by atoms with E-state index in [4.69, 9.17) is 9.79 Å². The number of nitrogens with zero attached hydrogens (tertiary/aromatic N) is 2. The molecule has 0 unspecified atom stereocenters. The number of rotatable bonds is 6. The van der Waals surface area contributed by atoms with Gasteiger partial charge in [-0.2, -0.15) is 11.8 Å². The van der Waals surface area contributed by atoms with Crippen LogP contribution in [0.4, 0.5) is 0 Å². The third-order valence-corrected chi connectivity index (χ3v) is 2.85. The average molecular weight is 250 g/mol. The second-order valence-corrected chi connectivity index (χ2v) is 4.92. The van der Waals surface area contributed by atoms with E-state index in [-0.39, 0.29) is 6.61 Å². The highest BCUT2D eigenvalue weighted by atomic mass is 32.2. The first-order valence-electron chi connectivity index (χ1n) is 4.10. The van der Waals surface area contributed by atoms with E-state index in [0.717, 1.165) is 5.69 Å². The number of hydrogen-bond acceptors (Lipinski definition) is 5. The molecule has 0 aliphatic rings. The first-order valence-corrected chi connectivity index (χ1v) is 6.79. The Morgan fingerprint density at radius 3 is 2.93 bits per heavy atom. The van der Waals surface area contributed by atoms with Crippen LogP contribution in [0.2, 0.25) is 0 Å². The highest BCUT2D eigenvalue weighted by molar-refractivity contribution is 7.98. The van der Waals surface area contributed by atoms with Gasteiger partial charge in [0.2, 0.25) is 0 Å². The van der Waals surface area contributed by atoms with Crippen LogP contribution in [0, 0.1) is 0 Å². The molecule has 1 rings (SSSR count). The van der Waals surface area contributed by atoms with Crippen molar-refractivity contribution in [3.05, 3.63) is 24.3 Å². The lowest BCUT2D eigenvalue weighted by molar-refractivity contribution is 0.208. The lowest BCUT2D eigenvalue weighted by atomic mass is 10.5. The topological polar surface area (TPSA) is 92.5 Å². The largest absolute Gasteiger partial charge is 0.469 e. The maximum atomic E-state index is 10.3. The molecule has 0 spiro atoms. The van der Waals surface area contributed by atoms with Gasteiger partial charge in [0.25, 0.3) is 0 Å². The molecule has 6 nitrogen and oxygen atoms in total. The smallest absolute Gasteiger partial charge is 0.303 e. The van der Waals surface area contributed by atoms with Crippen molar-refractivity contribution < 1.29 is 18.9 Å². The van der Waals surface area contributed by atoms with Crippen LogP contribution in [-0.2, 0) is 14.8 Å². The van der Waals surface area contributed by atoms with Crippen LogP contribution in [0.1, 0.15) is 5.69 Å². The fourth-order valence-corrected chi connectivity index (χ4v) is 1.97. The summed E-state index contributed by atoms with van der Waals surface area (Å²) in [5, 5.41) is 0. The Hall–Kier alpha value is -0.460. The fourth-order valence-electron chi connectivity index (χ4n) is 0.795. The van der Waals surface area contributed by atoms with Crippen LogP contribution < -0.4 is 0 Å². The minimum atomic E-state index is -4.32. The molecule has 2 N–H and O–H groups in total. The van der Waals surface area contributed by atoms with Gasteiger partial charge in [0.1, 0.15) is 6.33 Å². The summed E-state index contributed by atoms with van der Waals surface area (Å²) in [7, 11) is -4.32. The SMILES string of the molecule is O=P(O)(O)OCCSCc1ccncn1. The zero-order chi connectivity index (χ0) is 11.1. The van der Waals surface area contributed by atoms with Gasteiger partial charge in [0.05, 0.1) is 12.3 Å². The van der Waals surface area contributed by atoms with Crippen LogP contribution in [0.15, 0.2) is 18.6 Å². The van der Waals surface area contributed by atoms with Crippen molar-refractivity contribution in [2.24, 2.45) is 0 Å². The highest BCUT2D eigenvalue weighted by Crippen LogP contribution is 2.35. The van der Waals surface area contributed by atoms with Crippen molar-refractivity contribution in [1.82, 2.24) is 9.97 Å². The highest BCUT2D eigenvalue weighted by Gasteiger charge is 2.12. The summed E-state index contributed by atoms with van der Waals surface area (Å²) in [6, 6.07) is 1.79. The van der Waals surface area contributed by atoms with Crippen molar-refractivity contribution in [3.8, 4) is 0 Å². The molecule has 8 heteroatoms. The second-order valence-electron chi connectivity index (χ2n) is 2.58. The van der Waals surface area contributed by atoms with Crippen molar-refractivity contribution >= 4 is 19.6 Å². The fraction of sp³-hybridized carbons (Fsp3) is 0.429. The lowest BCUT2D eigenvalue weighted by Gasteiger charge is -2.04. The molecule has 0 amide bonds. The number of hydrogen-bond donors (Lipinski definition) is 2. The quantitative estimate of drug-likeness (QED) is 0.570. The maximum absolute atomic E-state index is 10.3. The molecular weight excluding hydrogens is 239 g/mol. The third-order valence-electron chi connectivity index (χ3n) is 1.38.